The second-order valence-electron chi connectivity index (χ2n) is 6.87. The highest BCUT2D eigenvalue weighted by Gasteiger charge is 2.18. The summed E-state index contributed by atoms with van der Waals surface area (Å²) in [7, 11) is 0. The molecule has 0 saturated carbocycles. The Balaban J connectivity index is 1.48. The van der Waals surface area contributed by atoms with Gasteiger partial charge in [0.2, 0.25) is 0 Å². The molecular formula is C22H31N4+. The quantitative estimate of drug-likeness (QED) is 0.774. The third-order valence-corrected chi connectivity index (χ3v) is 5.14. The first-order chi connectivity index (χ1) is 12.8. The SMILES string of the molecule is CCN(CC)c1ccc(/C=N/N2CC[NH+](Cc3ccccc3)CC2)cc1. The molecule has 1 heterocycles. The molecule has 0 amide bonds. The summed E-state index contributed by atoms with van der Waals surface area (Å²) < 4.78 is 0. The molecule has 3 rings (SSSR count). The molecule has 0 aliphatic carbocycles. The van der Waals surface area contributed by atoms with Crippen molar-refractivity contribution in [1.29, 1.82) is 0 Å². The lowest BCUT2D eigenvalue weighted by Gasteiger charge is -2.30. The molecule has 0 atom stereocenters. The number of hydrogen-bond donors (Lipinski definition) is 1. The molecule has 2 aromatic rings. The van der Waals surface area contributed by atoms with Gasteiger partial charge in [-0.1, -0.05) is 42.5 Å². The van der Waals surface area contributed by atoms with Gasteiger partial charge in [0.25, 0.3) is 0 Å². The highest BCUT2D eigenvalue weighted by molar-refractivity contribution is 5.80. The van der Waals surface area contributed by atoms with Crippen molar-refractivity contribution in [3.05, 3.63) is 65.7 Å². The fourth-order valence-corrected chi connectivity index (χ4v) is 3.50. The fourth-order valence-electron chi connectivity index (χ4n) is 3.50. The molecule has 1 fully saturated rings. The van der Waals surface area contributed by atoms with E-state index in [0.29, 0.717) is 0 Å². The fraction of sp³-hybridized carbons (Fsp3) is 0.409. The van der Waals surface area contributed by atoms with Gasteiger partial charge < -0.3 is 9.80 Å². The lowest BCUT2D eigenvalue weighted by molar-refractivity contribution is -0.918. The average molecular weight is 352 g/mol. The van der Waals surface area contributed by atoms with Crippen LogP contribution in [0.25, 0.3) is 0 Å². The van der Waals surface area contributed by atoms with Gasteiger partial charge in [0.05, 0.1) is 32.4 Å². The zero-order valence-electron chi connectivity index (χ0n) is 16.1. The van der Waals surface area contributed by atoms with Crippen molar-refractivity contribution in [2.24, 2.45) is 5.10 Å². The number of quaternary nitrogens is 1. The topological polar surface area (TPSA) is 23.3 Å². The van der Waals surface area contributed by atoms with E-state index in [-0.39, 0.29) is 0 Å². The van der Waals surface area contributed by atoms with Gasteiger partial charge in [-0.3, -0.25) is 5.01 Å². The van der Waals surface area contributed by atoms with Crippen LogP contribution < -0.4 is 9.80 Å². The van der Waals surface area contributed by atoms with Crippen LogP contribution in [0.5, 0.6) is 0 Å². The first kappa shape index (κ1) is 18.5. The number of hydrazone groups is 1. The summed E-state index contributed by atoms with van der Waals surface area (Å²) in [5, 5.41) is 6.89. The van der Waals surface area contributed by atoms with Gasteiger partial charge in [-0.05, 0) is 31.5 Å². The van der Waals surface area contributed by atoms with Crippen molar-refractivity contribution in [2.45, 2.75) is 20.4 Å². The zero-order chi connectivity index (χ0) is 18.2. The van der Waals surface area contributed by atoms with Gasteiger partial charge in [-0.15, -0.1) is 0 Å². The van der Waals surface area contributed by atoms with Crippen molar-refractivity contribution < 1.29 is 4.90 Å². The molecule has 0 unspecified atom stereocenters. The van der Waals surface area contributed by atoms with Crippen LogP contribution in [-0.4, -0.2) is 50.5 Å². The summed E-state index contributed by atoms with van der Waals surface area (Å²) in [5.74, 6) is 0. The highest BCUT2D eigenvalue weighted by atomic mass is 15.5. The van der Waals surface area contributed by atoms with E-state index in [1.54, 1.807) is 4.90 Å². The lowest BCUT2D eigenvalue weighted by Crippen LogP contribution is -3.13. The Hall–Kier alpha value is -2.33. The Kier molecular flexibility index (Phi) is 6.67. The third kappa shape index (κ3) is 5.09. The molecule has 26 heavy (non-hydrogen) atoms. The molecule has 4 heteroatoms. The molecule has 0 bridgehead atoms. The van der Waals surface area contributed by atoms with Crippen molar-refractivity contribution in [3.8, 4) is 0 Å². The van der Waals surface area contributed by atoms with Gasteiger partial charge in [0, 0.05) is 24.3 Å². The minimum atomic E-state index is 1.02. The summed E-state index contributed by atoms with van der Waals surface area (Å²) >= 11 is 0. The van der Waals surface area contributed by atoms with Gasteiger partial charge in [0.15, 0.2) is 0 Å². The summed E-state index contributed by atoms with van der Waals surface area (Å²) in [5.41, 5.74) is 3.87. The number of nitrogens with one attached hydrogen (secondary N) is 1. The van der Waals surface area contributed by atoms with Gasteiger partial charge in [-0.2, -0.15) is 5.10 Å². The molecule has 1 aliphatic heterocycles. The van der Waals surface area contributed by atoms with Gasteiger partial charge >= 0.3 is 0 Å². The monoisotopic (exact) mass is 351 g/mol. The molecule has 138 valence electrons. The van der Waals surface area contributed by atoms with Crippen LogP contribution in [0.2, 0.25) is 0 Å². The van der Waals surface area contributed by atoms with Crippen molar-refractivity contribution in [2.75, 3.05) is 44.2 Å². The Labute approximate surface area is 157 Å². The normalized spacial score (nSPS) is 15.5. The maximum absolute atomic E-state index is 4.69. The largest absolute Gasteiger partial charge is 0.372 e. The van der Waals surface area contributed by atoms with E-state index >= 15 is 0 Å². The summed E-state index contributed by atoms with van der Waals surface area (Å²) in [6.45, 7) is 11.9. The Morgan fingerprint density at radius 1 is 0.962 bits per heavy atom. The van der Waals surface area contributed by atoms with E-state index in [4.69, 9.17) is 5.10 Å². The molecule has 0 radical (unpaired) electrons. The van der Waals surface area contributed by atoms with Crippen molar-refractivity contribution in [3.63, 3.8) is 0 Å². The predicted molar refractivity (Wildman–Crippen MR) is 110 cm³/mol. The smallest absolute Gasteiger partial charge is 0.103 e. The van der Waals surface area contributed by atoms with Gasteiger partial charge in [0.1, 0.15) is 6.54 Å². The van der Waals surface area contributed by atoms with E-state index < -0.39 is 0 Å². The van der Waals surface area contributed by atoms with E-state index in [9.17, 15) is 0 Å². The van der Waals surface area contributed by atoms with E-state index in [0.717, 1.165) is 45.8 Å². The van der Waals surface area contributed by atoms with Crippen LogP contribution >= 0.6 is 0 Å². The number of hydrogen-bond acceptors (Lipinski definition) is 3. The molecule has 1 aliphatic rings. The van der Waals surface area contributed by atoms with Crippen LogP contribution in [0.15, 0.2) is 59.7 Å². The number of anilines is 1. The minimum Gasteiger partial charge on any atom is -0.372 e. The highest BCUT2D eigenvalue weighted by Crippen LogP contribution is 2.14. The maximum Gasteiger partial charge on any atom is 0.103 e. The summed E-state index contributed by atoms with van der Waals surface area (Å²) in [4.78, 5) is 4.00. The minimum absolute atomic E-state index is 1.02. The van der Waals surface area contributed by atoms with E-state index in [1.165, 1.54) is 16.8 Å². The molecule has 0 spiro atoms. The zero-order valence-corrected chi connectivity index (χ0v) is 16.1. The van der Waals surface area contributed by atoms with E-state index in [1.807, 2.05) is 6.21 Å². The molecule has 1 saturated heterocycles. The second-order valence-corrected chi connectivity index (χ2v) is 6.87. The number of benzene rings is 2. The van der Waals surface area contributed by atoms with Crippen LogP contribution in [0, 0.1) is 0 Å². The molecule has 0 aromatic heterocycles. The number of nitrogens with zero attached hydrogens (tertiary/aromatic N) is 3. The van der Waals surface area contributed by atoms with Crippen molar-refractivity contribution >= 4 is 11.9 Å². The van der Waals surface area contributed by atoms with E-state index in [2.05, 4.69) is 78.4 Å². The van der Waals surface area contributed by atoms with Gasteiger partial charge in [-0.25, -0.2) is 0 Å². The molecule has 4 nitrogen and oxygen atoms in total. The predicted octanol–water partition coefficient (Wildman–Crippen LogP) is 2.27. The van der Waals surface area contributed by atoms with Crippen molar-refractivity contribution in [1.82, 2.24) is 5.01 Å². The van der Waals surface area contributed by atoms with Crippen LogP contribution in [0.3, 0.4) is 0 Å². The second kappa shape index (κ2) is 9.39. The van der Waals surface area contributed by atoms with Crippen LogP contribution in [-0.2, 0) is 6.54 Å². The summed E-state index contributed by atoms with van der Waals surface area (Å²) in [6, 6.07) is 19.5. The standard InChI is InChI=1S/C22H30N4/c1-3-25(4-2)22-12-10-20(11-13-22)18-23-26-16-14-24(15-17-26)19-21-8-6-5-7-9-21/h5-13,18H,3-4,14-17,19H2,1-2H3/p+1/b23-18+. The molecule has 2 aromatic carbocycles. The average Bonchev–Trinajstić information content (AvgIpc) is 2.70. The lowest BCUT2D eigenvalue weighted by atomic mass is 10.2. The Bertz CT molecular complexity index is 669. The Morgan fingerprint density at radius 2 is 1.62 bits per heavy atom. The first-order valence-corrected chi connectivity index (χ1v) is 9.80. The molecule has 1 N–H and O–H groups in total. The summed E-state index contributed by atoms with van der Waals surface area (Å²) in [6.07, 6.45) is 1.99. The molecular weight excluding hydrogens is 320 g/mol. The number of piperazine rings is 1. The first-order valence-electron chi connectivity index (χ1n) is 9.80. The maximum atomic E-state index is 4.69. The van der Waals surface area contributed by atoms with Crippen LogP contribution in [0.1, 0.15) is 25.0 Å². The Morgan fingerprint density at radius 3 is 2.23 bits per heavy atom. The third-order valence-electron chi connectivity index (χ3n) is 5.14. The number of rotatable bonds is 7. The van der Waals surface area contributed by atoms with Crippen LogP contribution in [0.4, 0.5) is 5.69 Å².